The van der Waals surface area contributed by atoms with Crippen LogP contribution in [0.15, 0.2) is 12.2 Å². The predicted octanol–water partition coefficient (Wildman–Crippen LogP) is 4.28. The van der Waals surface area contributed by atoms with E-state index >= 15 is 0 Å². The largest absolute Gasteiger partial charge is 0.462 e. The van der Waals surface area contributed by atoms with E-state index in [1.165, 1.54) is 0 Å². The zero-order valence-electron chi connectivity index (χ0n) is 14.3. The molecule has 4 nitrogen and oxygen atoms in total. The van der Waals surface area contributed by atoms with Crippen LogP contribution in [0.4, 0.5) is 57.1 Å². The molecule has 0 radical (unpaired) electrons. The highest BCUT2D eigenvalue weighted by atomic mass is 19.4. The average Bonchev–Trinajstić information content (AvgIpc) is 2.48. The second kappa shape index (κ2) is 6.37. The van der Waals surface area contributed by atoms with Gasteiger partial charge in [-0.15, -0.1) is 0 Å². The summed E-state index contributed by atoms with van der Waals surface area (Å²) in [5, 5.41) is 9.42. The molecule has 1 N–H and O–H groups in total. The molecule has 30 heavy (non-hydrogen) atoms. The maximum atomic E-state index is 14.4. The molecule has 0 bridgehead atoms. The average molecular weight is 476 g/mol. The standard InChI is InChI=1S/C13H9F13O4/c1-4(8(14,15)16)5(27)29-11(13(24,25)26)10(19,20)6(2,28)9(17,18)7(3,30-11)12(21,22)23/h28H,1H2,2-3H3. The number of hydrogen-bond donors (Lipinski definition) is 1. The van der Waals surface area contributed by atoms with E-state index in [-0.39, 0.29) is 0 Å². The van der Waals surface area contributed by atoms with Gasteiger partial charge in [0.1, 0.15) is 5.57 Å². The molecule has 0 saturated carbocycles. The summed E-state index contributed by atoms with van der Waals surface area (Å²) in [7, 11) is 0. The molecule has 3 unspecified atom stereocenters. The van der Waals surface area contributed by atoms with Gasteiger partial charge in [0, 0.05) is 0 Å². The molecule has 0 spiro atoms. The maximum absolute atomic E-state index is 14.4. The van der Waals surface area contributed by atoms with E-state index < -0.39 is 72.8 Å². The summed E-state index contributed by atoms with van der Waals surface area (Å²) in [5.41, 5.74) is -14.2. The van der Waals surface area contributed by atoms with Crippen molar-refractivity contribution in [3.05, 3.63) is 12.2 Å². The molecule has 176 valence electrons. The van der Waals surface area contributed by atoms with Gasteiger partial charge >= 0.3 is 42.1 Å². The molecule has 1 aliphatic heterocycles. The van der Waals surface area contributed by atoms with Crippen molar-refractivity contribution >= 4 is 5.97 Å². The SMILES string of the molecule is C=C(C(=O)OC1(C(F)(F)F)OC(C)(C(F)(F)F)C(F)(F)C(C)(O)C1(F)F)C(F)(F)F. The van der Waals surface area contributed by atoms with Gasteiger partial charge in [-0.25, -0.2) is 4.79 Å². The Balaban J connectivity index is 3.93. The summed E-state index contributed by atoms with van der Waals surface area (Å²) in [5.74, 6) is -22.8. The summed E-state index contributed by atoms with van der Waals surface area (Å²) < 4.78 is 180. The van der Waals surface area contributed by atoms with Crippen molar-refractivity contribution in [3.63, 3.8) is 0 Å². The topological polar surface area (TPSA) is 55.8 Å². The molecule has 0 aromatic rings. The summed E-state index contributed by atoms with van der Waals surface area (Å²) in [4.78, 5) is 11.3. The number of halogens is 13. The van der Waals surface area contributed by atoms with E-state index in [0.29, 0.717) is 0 Å². The minimum absolute atomic E-state index is 0.869. The molecule has 0 aliphatic carbocycles. The van der Waals surface area contributed by atoms with E-state index in [2.05, 4.69) is 9.47 Å². The quantitative estimate of drug-likeness (QED) is 0.368. The zero-order valence-corrected chi connectivity index (χ0v) is 14.3. The number of ether oxygens (including phenoxy) is 2. The second-order valence-corrected chi connectivity index (χ2v) is 6.33. The van der Waals surface area contributed by atoms with Gasteiger partial charge < -0.3 is 14.6 Å². The van der Waals surface area contributed by atoms with Crippen LogP contribution in [0, 0.1) is 0 Å². The first-order valence-corrected chi connectivity index (χ1v) is 7.05. The number of aliphatic hydroxyl groups is 1. The van der Waals surface area contributed by atoms with Crippen LogP contribution >= 0.6 is 0 Å². The molecule has 0 aromatic heterocycles. The van der Waals surface area contributed by atoms with Crippen LogP contribution in [0.2, 0.25) is 0 Å². The van der Waals surface area contributed by atoms with Crippen molar-refractivity contribution in [2.24, 2.45) is 0 Å². The number of carbonyl (C=O) groups is 1. The number of carbonyl (C=O) groups excluding carboxylic acids is 1. The fourth-order valence-electron chi connectivity index (χ4n) is 2.32. The monoisotopic (exact) mass is 476 g/mol. The molecule has 1 rings (SSSR count). The minimum atomic E-state index is -7.08. The number of alkyl halides is 13. The maximum Gasteiger partial charge on any atom is 0.462 e. The third kappa shape index (κ3) is 3.11. The Labute approximate surface area is 157 Å². The first kappa shape index (κ1) is 26.3. The van der Waals surface area contributed by atoms with Gasteiger partial charge in [0.15, 0.2) is 5.60 Å². The molecule has 1 aliphatic rings. The van der Waals surface area contributed by atoms with Gasteiger partial charge in [-0.1, -0.05) is 6.58 Å². The van der Waals surface area contributed by atoms with Crippen molar-refractivity contribution in [1.82, 2.24) is 0 Å². The van der Waals surface area contributed by atoms with Gasteiger partial charge in [-0.3, -0.25) is 0 Å². The first-order chi connectivity index (χ1) is 12.7. The van der Waals surface area contributed by atoms with Crippen LogP contribution in [-0.4, -0.2) is 58.4 Å². The Morgan fingerprint density at radius 1 is 0.867 bits per heavy atom. The van der Waals surface area contributed by atoms with Crippen molar-refractivity contribution in [2.45, 2.75) is 61.2 Å². The second-order valence-electron chi connectivity index (χ2n) is 6.33. The highest BCUT2D eigenvalue weighted by Gasteiger charge is 2.95. The molecule has 1 saturated heterocycles. The number of esters is 1. The number of rotatable bonds is 2. The Hall–Kier alpha value is -1.78. The van der Waals surface area contributed by atoms with Crippen LogP contribution in [0.3, 0.4) is 0 Å². The third-order valence-electron chi connectivity index (χ3n) is 4.32. The first-order valence-electron chi connectivity index (χ1n) is 7.05. The highest BCUT2D eigenvalue weighted by molar-refractivity contribution is 5.89. The normalized spacial score (nSPS) is 34.4. The van der Waals surface area contributed by atoms with Gasteiger partial charge in [0.25, 0.3) is 0 Å². The van der Waals surface area contributed by atoms with Crippen LogP contribution < -0.4 is 0 Å². The third-order valence-corrected chi connectivity index (χ3v) is 4.32. The molecule has 0 amide bonds. The molecule has 3 atom stereocenters. The number of hydrogen-bond acceptors (Lipinski definition) is 4. The summed E-state index contributed by atoms with van der Waals surface area (Å²) in [6, 6.07) is 0. The van der Waals surface area contributed by atoms with Gasteiger partial charge in [0.05, 0.1) is 0 Å². The molecular weight excluding hydrogens is 467 g/mol. The van der Waals surface area contributed by atoms with Crippen LogP contribution in [0.5, 0.6) is 0 Å². The predicted molar refractivity (Wildman–Crippen MR) is 66.1 cm³/mol. The fraction of sp³-hybridized carbons (Fsp3) is 0.769. The molecule has 0 aromatic carbocycles. The van der Waals surface area contributed by atoms with Crippen molar-refractivity contribution < 1.29 is 76.5 Å². The van der Waals surface area contributed by atoms with Crippen molar-refractivity contribution in [2.75, 3.05) is 0 Å². The van der Waals surface area contributed by atoms with E-state index in [4.69, 9.17) is 0 Å². The van der Waals surface area contributed by atoms with E-state index in [9.17, 15) is 67.0 Å². The molecule has 1 heterocycles. The lowest BCUT2D eigenvalue weighted by Gasteiger charge is -2.58. The fourth-order valence-corrected chi connectivity index (χ4v) is 2.32. The lowest BCUT2D eigenvalue weighted by atomic mass is 9.73. The lowest BCUT2D eigenvalue weighted by Crippen LogP contribution is -2.86. The van der Waals surface area contributed by atoms with E-state index in [1.807, 2.05) is 6.58 Å². The minimum Gasteiger partial charge on any atom is -0.414 e. The Morgan fingerprint density at radius 2 is 1.27 bits per heavy atom. The Morgan fingerprint density at radius 3 is 1.57 bits per heavy atom. The van der Waals surface area contributed by atoms with Gasteiger partial charge in [-0.2, -0.15) is 57.1 Å². The zero-order chi connectivity index (χ0) is 24.6. The molecule has 1 fully saturated rings. The van der Waals surface area contributed by atoms with Crippen LogP contribution in [0.25, 0.3) is 0 Å². The summed E-state index contributed by atoms with van der Waals surface area (Å²) >= 11 is 0. The Kier molecular flexibility index (Phi) is 5.57. The molecular formula is C13H9F13O4. The lowest BCUT2D eigenvalue weighted by molar-refractivity contribution is -0.551. The summed E-state index contributed by atoms with van der Waals surface area (Å²) in [6.07, 6.45) is -19.7. The molecule has 17 heteroatoms. The van der Waals surface area contributed by atoms with Crippen LogP contribution in [0.1, 0.15) is 13.8 Å². The van der Waals surface area contributed by atoms with E-state index in [0.717, 1.165) is 0 Å². The van der Waals surface area contributed by atoms with Gasteiger partial charge in [0.2, 0.25) is 5.60 Å². The smallest absolute Gasteiger partial charge is 0.414 e. The highest BCUT2D eigenvalue weighted by Crippen LogP contribution is 2.65. The van der Waals surface area contributed by atoms with E-state index in [1.54, 1.807) is 0 Å². The van der Waals surface area contributed by atoms with Crippen molar-refractivity contribution in [3.8, 4) is 0 Å². The van der Waals surface area contributed by atoms with Crippen molar-refractivity contribution in [1.29, 1.82) is 0 Å². The summed E-state index contributed by atoms with van der Waals surface area (Å²) in [6.45, 7) is 0.134. The van der Waals surface area contributed by atoms with Gasteiger partial charge in [-0.05, 0) is 13.8 Å². The Bertz CT molecular complexity index is 733. The van der Waals surface area contributed by atoms with Crippen LogP contribution in [-0.2, 0) is 14.3 Å².